The average molecular weight is 1790 g/mol. The molecule has 0 saturated carbocycles. The molecule has 10 rings (SSSR count). The molecule has 0 aliphatic carbocycles. The number of rotatable bonds is 30. The van der Waals surface area contributed by atoms with E-state index in [-0.39, 0.29) is 17.5 Å². The smallest absolute Gasteiger partial charge is 0.330 e. The third-order valence-electron chi connectivity index (χ3n) is 21.0. The topological polar surface area (TPSA) is 523 Å². The van der Waals surface area contributed by atoms with Crippen LogP contribution in [0.4, 0.5) is 0 Å². The molecule has 5 saturated heterocycles. The number of nitrogens with one attached hydrogen (secondary N) is 5. The van der Waals surface area contributed by atoms with Crippen molar-refractivity contribution in [1.29, 1.82) is 0 Å². The predicted octanol–water partition coefficient (Wildman–Crippen LogP) is 0.814. The number of hydrogen-bond acceptors (Lipinski definition) is 25. The van der Waals surface area contributed by atoms with E-state index in [1.807, 2.05) is 20.8 Å². The van der Waals surface area contributed by atoms with E-state index in [1.54, 1.807) is 13.0 Å². The van der Waals surface area contributed by atoms with Crippen LogP contribution in [0.15, 0.2) is 91.6 Å². The molecule has 35 nitrogen and oxygen atoms in total. The van der Waals surface area contributed by atoms with E-state index in [0.717, 1.165) is 61.1 Å². The number of aryl methyl sites for hydroxylation is 4. The summed E-state index contributed by atoms with van der Waals surface area (Å²) < 4.78 is 35.0. The van der Waals surface area contributed by atoms with E-state index in [9.17, 15) is 99.0 Å². The van der Waals surface area contributed by atoms with Crippen molar-refractivity contribution < 1.29 is 74.7 Å². The zero-order chi connectivity index (χ0) is 90.3. The van der Waals surface area contributed by atoms with Crippen LogP contribution in [0.2, 0.25) is 0 Å². The van der Waals surface area contributed by atoms with Gasteiger partial charge in [0.1, 0.15) is 73.2 Å². The van der Waals surface area contributed by atoms with Gasteiger partial charge in [0.05, 0.1) is 41.6 Å². The van der Waals surface area contributed by atoms with E-state index < -0.39 is 213 Å². The third-order valence-corrected chi connectivity index (χ3v) is 28.3. The number of H-pyrrole nitrogens is 5. The lowest BCUT2D eigenvalue weighted by Gasteiger charge is -2.19. The maximum absolute atomic E-state index is 12.2. The fourth-order valence-electron chi connectivity index (χ4n) is 14.0. The number of unbranched alkanes of at least 4 members (excludes halogenated alkanes) is 1. The van der Waals surface area contributed by atoms with E-state index in [0.29, 0.717) is 74.7 Å². The molecule has 0 aromatic carbocycles. The fourth-order valence-corrected chi connectivity index (χ4v) is 18.8. The maximum Gasteiger partial charge on any atom is 0.330 e. The standard InChI is InChI=1S/C17H29N2O5P.2C16H27N2O5P.C16H25N2O5P.C15H25N2O5P/c1-5-6-7-11-10-19(17(23)18-15(11)22)16-14(21)13(20)12(24-16)8-9-25(2,3)4;1-5-7-18-9-10(15(21)17-16(18)22)14-13(20)12(19)11(23-14)6-8-24(2,3)4;2*1-5-6-10-9-18(16(22)17-14(10)21)15-13(20)12(19)11(23-15)7-8-24(2,3)4;1-5-17-8-9(14(20)16-15(17)21)13-12(19)11(18)10(22-13)6-7-23(2,3)4/h10,12-14,16,20-21H,2,5-9H2,1,3-4H3,(H,18,22,23);9,11-14,19-20H,2,5-8H2,1,3-4H3,(H,17,21,22);9,11-13,15,19-20H,2,5-8H2,1,3-4H3,(H,17,21,22);5,9,11-13,15,19-20H,1-2,6-8H2,3-4H3,(H,17,21,22);8,10-13,18-19H,2,5-7H2,1,3-4H3,(H,16,20,21)/t12-,13-,14-,16-;11-,12-,13-,14+;2*11-,12-,13-,15-;10-,11-,12-,13+/m11111/s1. The van der Waals surface area contributed by atoms with Crippen molar-refractivity contribution in [2.24, 2.45) is 0 Å². The minimum absolute atomic E-state index is 0.157. The zero-order valence-corrected chi connectivity index (χ0v) is 76.2. The Kier molecular flexibility index (Phi) is 37.9. The molecule has 5 aromatic rings. The number of ether oxygens (including phenoxy) is 5. The van der Waals surface area contributed by atoms with Gasteiger partial charge in [0.15, 0.2) is 18.7 Å². The minimum Gasteiger partial charge on any atom is -0.388 e. The summed E-state index contributed by atoms with van der Waals surface area (Å²) in [5, 5.41) is 103. The molecule has 20 atom stereocenters. The van der Waals surface area contributed by atoms with Crippen LogP contribution in [0.25, 0.3) is 0 Å². The highest BCUT2D eigenvalue weighted by Crippen LogP contribution is 2.45. The van der Waals surface area contributed by atoms with Crippen molar-refractivity contribution >= 4 is 65.9 Å². The van der Waals surface area contributed by atoms with Gasteiger partial charge in [0, 0.05) is 60.8 Å². The average Bonchev–Trinajstić information content (AvgIpc) is 1.65. The quantitative estimate of drug-likeness (QED) is 0.0223. The van der Waals surface area contributed by atoms with Crippen molar-refractivity contribution in [3.8, 4) is 0 Å². The first-order valence-electron chi connectivity index (χ1n) is 40.4. The van der Waals surface area contributed by atoms with Crippen molar-refractivity contribution in [3.63, 3.8) is 0 Å². The summed E-state index contributed by atoms with van der Waals surface area (Å²) in [6, 6.07) is 0. The number of aromatic amines is 5. The van der Waals surface area contributed by atoms with Gasteiger partial charge in [0.25, 0.3) is 27.8 Å². The second kappa shape index (κ2) is 44.3. The van der Waals surface area contributed by atoms with Crippen LogP contribution in [0.1, 0.15) is 144 Å². The van der Waals surface area contributed by atoms with Crippen LogP contribution in [0, 0.1) is 0 Å². The summed E-state index contributed by atoms with van der Waals surface area (Å²) >= 11 is 0. The van der Waals surface area contributed by atoms with Crippen LogP contribution >= 0.6 is 34.4 Å². The van der Waals surface area contributed by atoms with Gasteiger partial charge in [-0.05, 0) is 169 Å². The molecule has 0 amide bonds. The molecule has 0 bridgehead atoms. The van der Waals surface area contributed by atoms with Gasteiger partial charge in [-0.3, -0.25) is 62.6 Å². The van der Waals surface area contributed by atoms with Gasteiger partial charge >= 0.3 is 28.4 Å². The number of hydrogen-bond donors (Lipinski definition) is 15. The van der Waals surface area contributed by atoms with Crippen molar-refractivity contribution in [2.45, 2.75) is 240 Å². The maximum atomic E-state index is 12.2. The van der Waals surface area contributed by atoms with Crippen molar-refractivity contribution in [2.75, 3.05) is 97.5 Å². The second-order valence-electron chi connectivity index (χ2n) is 35.0. The molecule has 5 aliphatic heterocycles. The van der Waals surface area contributed by atoms with Crippen LogP contribution in [0.5, 0.6) is 0 Å². The molecule has 0 spiro atoms. The predicted molar refractivity (Wildman–Crippen MR) is 483 cm³/mol. The van der Waals surface area contributed by atoms with Gasteiger partial charge in [0.2, 0.25) is 0 Å². The molecule has 10 heterocycles. The van der Waals surface area contributed by atoms with E-state index in [2.05, 4.69) is 130 Å². The Hall–Kier alpha value is -5.96. The van der Waals surface area contributed by atoms with Crippen molar-refractivity contribution in [1.82, 2.24) is 47.8 Å². The monoisotopic (exact) mass is 1790 g/mol. The Labute approximate surface area is 698 Å². The highest BCUT2D eigenvalue weighted by Gasteiger charge is 2.49. The summed E-state index contributed by atoms with van der Waals surface area (Å²) in [5.74, 6) is 0. The summed E-state index contributed by atoms with van der Waals surface area (Å²) in [5.41, 5.74) is -3.91. The van der Waals surface area contributed by atoms with Gasteiger partial charge in [-0.25, -0.2) is 24.0 Å². The molecule has 120 heavy (non-hydrogen) atoms. The van der Waals surface area contributed by atoms with E-state index in [1.165, 1.54) is 49.3 Å². The molecule has 678 valence electrons. The Morgan fingerprint density at radius 1 is 0.350 bits per heavy atom. The first-order chi connectivity index (χ1) is 55.7. The molecule has 15 N–H and O–H groups in total. The fraction of sp³-hybridized carbons (Fsp3) is 0.662. The number of allylic oxidation sites excluding steroid dienone is 1. The summed E-state index contributed by atoms with van der Waals surface area (Å²) in [6.45, 7) is 26.5. The number of nitrogens with zero attached hydrogens (tertiary/aromatic N) is 5. The number of aliphatic hydroxyl groups excluding tert-OH is 10. The molecule has 5 aromatic heterocycles. The molecule has 5 aliphatic rings. The lowest BCUT2D eigenvalue weighted by molar-refractivity contribution is -0.0404. The Balaban J connectivity index is 0.000000233. The number of aliphatic hydroxyl groups is 10. The number of aromatic nitrogens is 10. The van der Waals surface area contributed by atoms with Gasteiger partial charge in [-0.2, -0.15) is 0 Å². The van der Waals surface area contributed by atoms with Crippen LogP contribution in [-0.2, 0) is 56.0 Å². The van der Waals surface area contributed by atoms with Crippen LogP contribution < -0.4 is 56.2 Å². The van der Waals surface area contributed by atoms with Crippen molar-refractivity contribution in [3.05, 3.63) is 176 Å². The molecule has 5 fully saturated rings. The van der Waals surface area contributed by atoms with Gasteiger partial charge in [-0.1, -0.05) is 39.7 Å². The van der Waals surface area contributed by atoms with E-state index >= 15 is 0 Å². The van der Waals surface area contributed by atoms with Gasteiger partial charge in [-0.15, -0.1) is 72.5 Å². The zero-order valence-electron chi connectivity index (χ0n) is 71.8. The first-order valence-corrected chi connectivity index (χ1v) is 55.7. The third kappa shape index (κ3) is 28.8. The molecular formula is C80H133N10O25P5. The normalized spacial score (nSPS) is 27.5. The first kappa shape index (κ1) is 103. The van der Waals surface area contributed by atoms with E-state index in [4.69, 9.17) is 23.7 Å². The lowest BCUT2D eigenvalue weighted by Crippen LogP contribution is -2.38. The summed E-state index contributed by atoms with van der Waals surface area (Å²) in [7, 11) is 0. The Morgan fingerprint density at radius 3 is 0.933 bits per heavy atom. The van der Waals surface area contributed by atoms with Gasteiger partial charge < -0.3 is 83.9 Å². The largest absolute Gasteiger partial charge is 0.388 e. The SMILES string of the molecule is C=CCc1cn([C@@H]2O[C@H](CCP(=C)(C)C)[C@@H](O)[C@H]2O)c(=O)[nH]c1=O.C=P(C)(C)CC[C@H]1O[C@@H](c2cn(CC)c(=O)[nH]c2=O)[C@H](O)[C@@H]1O.C=P(C)(C)CC[C@H]1O[C@@H](c2cn(CCC)c(=O)[nH]c2=O)[C@H](O)[C@@H]1O.C=P(C)(C)CC[C@H]1O[C@@H](n2cc(CCC)c(=O)[nH]c2=O)[C@H](O)[C@@H]1O.C=P(C)(C)CC[C@H]1O[C@@H](n2cc(CCCC)c(=O)[nH]c2=O)[C@H](O)[C@@H]1O. The highest BCUT2D eigenvalue weighted by molar-refractivity contribution is 7.73. The lowest BCUT2D eigenvalue weighted by atomic mass is 10.0. The summed E-state index contributed by atoms with van der Waals surface area (Å²) in [4.78, 5) is 130. The summed E-state index contributed by atoms with van der Waals surface area (Å²) in [6.07, 6.45) is 21.5. The Morgan fingerprint density at radius 2 is 0.633 bits per heavy atom. The molecule has 0 unspecified atom stereocenters. The highest BCUT2D eigenvalue weighted by atomic mass is 31.2. The molecule has 0 radical (unpaired) electrons. The second-order valence-corrected chi connectivity index (χ2v) is 56.6. The van der Waals surface area contributed by atoms with Crippen LogP contribution in [-0.4, -0.2) is 319 Å². The molecular weight excluding hydrogens is 1660 g/mol. The Bertz CT molecular complexity index is 5040. The molecule has 40 heteroatoms. The minimum atomic E-state index is -1.29. The van der Waals surface area contributed by atoms with Crippen LogP contribution in [0.3, 0.4) is 0 Å².